The van der Waals surface area contributed by atoms with E-state index in [0.717, 1.165) is 54.1 Å². The fraction of sp³-hybridized carbons (Fsp3) is 0.250. The SMILES string of the molecule is CN(C)c1cccc(-c2ccc3c(n2)N(C(=O)Nc2cccc(-c4cnco4)c2)C2CCCN3C2)c1. The quantitative estimate of drug-likeness (QED) is 0.416. The van der Waals surface area contributed by atoms with E-state index in [9.17, 15) is 4.79 Å². The lowest BCUT2D eigenvalue weighted by Gasteiger charge is -2.45. The molecule has 4 aromatic rings. The van der Waals surface area contributed by atoms with E-state index in [1.165, 1.54) is 6.39 Å². The van der Waals surface area contributed by atoms with Gasteiger partial charge in [-0.1, -0.05) is 24.3 Å². The number of benzene rings is 2. The molecule has 2 aliphatic heterocycles. The van der Waals surface area contributed by atoms with E-state index >= 15 is 0 Å². The molecule has 182 valence electrons. The fourth-order valence-electron chi connectivity index (χ4n) is 5.08. The number of urea groups is 1. The van der Waals surface area contributed by atoms with Gasteiger partial charge in [0.05, 0.1) is 23.6 Å². The lowest BCUT2D eigenvalue weighted by Crippen LogP contribution is -2.56. The molecule has 0 aliphatic carbocycles. The number of piperidine rings is 1. The lowest BCUT2D eigenvalue weighted by molar-refractivity contribution is 0.252. The Hall–Kier alpha value is -4.33. The first-order valence-corrected chi connectivity index (χ1v) is 12.2. The van der Waals surface area contributed by atoms with Crippen molar-refractivity contribution in [3.8, 4) is 22.6 Å². The van der Waals surface area contributed by atoms with E-state index in [4.69, 9.17) is 9.40 Å². The number of carbonyl (C=O) groups is 1. The summed E-state index contributed by atoms with van der Waals surface area (Å²) in [6.45, 7) is 1.80. The van der Waals surface area contributed by atoms with Crippen molar-refractivity contribution in [1.29, 1.82) is 0 Å². The van der Waals surface area contributed by atoms with Crippen LogP contribution in [0.4, 0.5) is 27.7 Å². The Morgan fingerprint density at radius 3 is 2.78 bits per heavy atom. The summed E-state index contributed by atoms with van der Waals surface area (Å²) in [6.07, 6.45) is 5.05. The number of pyridine rings is 1. The Kier molecular flexibility index (Phi) is 5.56. The predicted octanol–water partition coefficient (Wildman–Crippen LogP) is 5.49. The van der Waals surface area contributed by atoms with Crippen LogP contribution in [0.25, 0.3) is 22.6 Å². The van der Waals surface area contributed by atoms with Gasteiger partial charge in [0.2, 0.25) is 0 Å². The Balaban J connectivity index is 1.35. The number of hydrogen-bond donors (Lipinski definition) is 1. The molecule has 1 unspecified atom stereocenters. The Bertz CT molecular complexity index is 1400. The minimum atomic E-state index is -0.177. The van der Waals surface area contributed by atoms with Crippen molar-refractivity contribution in [2.45, 2.75) is 18.9 Å². The van der Waals surface area contributed by atoms with Crippen LogP contribution < -0.4 is 20.0 Å². The van der Waals surface area contributed by atoms with Crippen LogP contribution in [-0.4, -0.2) is 49.2 Å². The molecule has 36 heavy (non-hydrogen) atoms. The second-order valence-corrected chi connectivity index (χ2v) is 9.47. The largest absolute Gasteiger partial charge is 0.444 e. The van der Waals surface area contributed by atoms with Gasteiger partial charge >= 0.3 is 6.03 Å². The zero-order valence-corrected chi connectivity index (χ0v) is 20.4. The molecule has 2 aromatic carbocycles. The molecule has 1 atom stereocenters. The molecule has 2 amide bonds. The van der Waals surface area contributed by atoms with E-state index in [-0.39, 0.29) is 12.1 Å². The summed E-state index contributed by atoms with van der Waals surface area (Å²) in [5.41, 5.74) is 5.54. The second kappa shape index (κ2) is 9.03. The maximum Gasteiger partial charge on any atom is 0.327 e. The molecule has 0 radical (unpaired) electrons. The number of oxazole rings is 1. The average molecular weight is 481 g/mol. The van der Waals surface area contributed by atoms with Gasteiger partial charge in [-0.25, -0.2) is 14.8 Å². The van der Waals surface area contributed by atoms with Gasteiger partial charge in [0.1, 0.15) is 0 Å². The summed E-state index contributed by atoms with van der Waals surface area (Å²) >= 11 is 0. The molecule has 8 nitrogen and oxygen atoms in total. The number of carbonyl (C=O) groups excluding carboxylic acids is 1. The summed E-state index contributed by atoms with van der Waals surface area (Å²) in [4.78, 5) is 29.1. The molecular weight excluding hydrogens is 452 g/mol. The van der Waals surface area contributed by atoms with Crippen LogP contribution in [0, 0.1) is 0 Å². The molecule has 1 saturated heterocycles. The van der Waals surface area contributed by atoms with Gasteiger partial charge in [-0.15, -0.1) is 0 Å². The molecule has 0 spiro atoms. The number of rotatable bonds is 4. The van der Waals surface area contributed by atoms with Crippen LogP contribution >= 0.6 is 0 Å². The third kappa shape index (κ3) is 4.04. The first-order valence-electron chi connectivity index (χ1n) is 12.2. The van der Waals surface area contributed by atoms with Crippen LogP contribution in [-0.2, 0) is 0 Å². The van der Waals surface area contributed by atoms with Crippen molar-refractivity contribution in [3.05, 3.63) is 73.3 Å². The van der Waals surface area contributed by atoms with Crippen molar-refractivity contribution in [2.75, 3.05) is 47.2 Å². The number of nitrogens with zero attached hydrogens (tertiary/aromatic N) is 5. The summed E-state index contributed by atoms with van der Waals surface area (Å²) in [7, 11) is 4.05. The van der Waals surface area contributed by atoms with Gasteiger partial charge < -0.3 is 19.5 Å². The summed E-state index contributed by atoms with van der Waals surface area (Å²) in [5, 5.41) is 3.10. The number of amides is 2. The molecule has 2 bridgehead atoms. The third-order valence-corrected chi connectivity index (χ3v) is 6.89. The average Bonchev–Trinajstić information content (AvgIpc) is 3.44. The first kappa shape index (κ1) is 22.2. The summed E-state index contributed by atoms with van der Waals surface area (Å²) < 4.78 is 5.42. The topological polar surface area (TPSA) is 77.7 Å². The fourth-order valence-corrected chi connectivity index (χ4v) is 5.08. The van der Waals surface area contributed by atoms with Crippen molar-refractivity contribution < 1.29 is 9.21 Å². The van der Waals surface area contributed by atoms with Crippen molar-refractivity contribution >= 4 is 28.9 Å². The normalized spacial score (nSPS) is 16.4. The molecule has 1 N–H and O–H groups in total. The summed E-state index contributed by atoms with van der Waals surface area (Å²) in [6, 6.07) is 20.0. The monoisotopic (exact) mass is 480 g/mol. The highest BCUT2D eigenvalue weighted by molar-refractivity contribution is 6.04. The van der Waals surface area contributed by atoms with Crippen LogP contribution in [0.3, 0.4) is 0 Å². The van der Waals surface area contributed by atoms with E-state index < -0.39 is 0 Å². The minimum Gasteiger partial charge on any atom is -0.444 e. The van der Waals surface area contributed by atoms with E-state index in [2.05, 4.69) is 50.4 Å². The maximum absolute atomic E-state index is 13.7. The highest BCUT2D eigenvalue weighted by atomic mass is 16.3. The van der Waals surface area contributed by atoms with Crippen LogP contribution in [0.2, 0.25) is 0 Å². The van der Waals surface area contributed by atoms with Crippen LogP contribution in [0.1, 0.15) is 12.8 Å². The summed E-state index contributed by atoms with van der Waals surface area (Å²) in [5.74, 6) is 1.37. The maximum atomic E-state index is 13.7. The number of hydrogen-bond acceptors (Lipinski definition) is 6. The number of fused-ring (bicyclic) bond motifs is 4. The first-order chi connectivity index (χ1) is 17.6. The highest BCUT2D eigenvalue weighted by Crippen LogP contribution is 2.40. The number of anilines is 4. The highest BCUT2D eigenvalue weighted by Gasteiger charge is 2.38. The zero-order valence-electron chi connectivity index (χ0n) is 20.4. The van der Waals surface area contributed by atoms with Crippen LogP contribution in [0.15, 0.2) is 77.7 Å². The Morgan fingerprint density at radius 1 is 1.08 bits per heavy atom. The van der Waals surface area contributed by atoms with Gasteiger partial charge in [-0.3, -0.25) is 4.90 Å². The molecule has 1 fully saturated rings. The minimum absolute atomic E-state index is 0.0690. The van der Waals surface area contributed by atoms with E-state index in [1.807, 2.05) is 49.3 Å². The van der Waals surface area contributed by atoms with E-state index in [1.54, 1.807) is 6.20 Å². The molecular formula is C28H28N6O2. The predicted molar refractivity (Wildman–Crippen MR) is 143 cm³/mol. The molecule has 2 aromatic heterocycles. The van der Waals surface area contributed by atoms with Gasteiger partial charge in [-0.05, 0) is 49.2 Å². The number of aromatic nitrogens is 2. The molecule has 2 aliphatic rings. The van der Waals surface area contributed by atoms with E-state index in [0.29, 0.717) is 17.3 Å². The smallest absolute Gasteiger partial charge is 0.327 e. The van der Waals surface area contributed by atoms with Gasteiger partial charge in [0.15, 0.2) is 18.0 Å². The van der Waals surface area contributed by atoms with Crippen LogP contribution in [0.5, 0.6) is 0 Å². The molecule has 4 heterocycles. The van der Waals surface area contributed by atoms with Crippen molar-refractivity contribution in [1.82, 2.24) is 9.97 Å². The Morgan fingerprint density at radius 2 is 1.94 bits per heavy atom. The molecule has 6 rings (SSSR count). The Labute approximate surface area is 210 Å². The van der Waals surface area contributed by atoms with Crippen molar-refractivity contribution in [2.24, 2.45) is 0 Å². The lowest BCUT2D eigenvalue weighted by atomic mass is 9.99. The second-order valence-electron chi connectivity index (χ2n) is 9.47. The van der Waals surface area contributed by atoms with Gasteiger partial charge in [0, 0.05) is 49.7 Å². The zero-order chi connectivity index (χ0) is 24.6. The molecule has 0 saturated carbocycles. The number of nitrogens with one attached hydrogen (secondary N) is 1. The van der Waals surface area contributed by atoms with Gasteiger partial charge in [-0.2, -0.15) is 0 Å². The van der Waals surface area contributed by atoms with Crippen molar-refractivity contribution in [3.63, 3.8) is 0 Å². The standard InChI is InChI=1S/C28H28N6O2/c1-32(2)22-9-4-6-19(15-22)24-11-12-25-27(31-24)34(23-10-5-13-33(25)17-23)28(35)30-21-8-3-7-20(14-21)26-16-29-18-36-26/h3-4,6-9,11-12,14-16,18,23H,5,10,13,17H2,1-2H3,(H,30,35). The third-order valence-electron chi connectivity index (χ3n) is 6.89. The van der Waals surface area contributed by atoms with Gasteiger partial charge in [0.25, 0.3) is 0 Å². The molecule has 8 heteroatoms.